The van der Waals surface area contributed by atoms with Gasteiger partial charge in [0.15, 0.2) is 6.61 Å². The van der Waals surface area contributed by atoms with Crippen molar-refractivity contribution in [3.63, 3.8) is 0 Å². The van der Waals surface area contributed by atoms with E-state index < -0.39 is 47.4 Å². The van der Waals surface area contributed by atoms with Crippen LogP contribution >= 0.6 is 0 Å². The molecule has 0 radical (unpaired) electrons. The van der Waals surface area contributed by atoms with Crippen molar-refractivity contribution < 1.29 is 51.7 Å². The van der Waals surface area contributed by atoms with E-state index in [1.54, 1.807) is 24.0 Å². The summed E-state index contributed by atoms with van der Waals surface area (Å²) in [5.74, 6) is -5.45. The summed E-state index contributed by atoms with van der Waals surface area (Å²) in [4.78, 5) is 62.1. The van der Waals surface area contributed by atoms with Gasteiger partial charge in [0.25, 0.3) is 5.91 Å². The zero-order valence-corrected chi connectivity index (χ0v) is 20.6. The molecular weight excluding hydrogens is 503 g/mol. The second kappa shape index (κ2) is 11.6. The number of likely N-dealkylation sites (N-methyl/N-ethyl adjacent to an activating group) is 1. The average Bonchev–Trinajstić information content (AvgIpc) is 3.28. The monoisotopic (exact) mass is 531 g/mol. The Kier molecular flexibility index (Phi) is 9.25. The first-order valence-electron chi connectivity index (χ1n) is 11.1. The number of likely N-dealkylation sites (tertiary alicyclic amines) is 1. The van der Waals surface area contributed by atoms with Gasteiger partial charge in [0.05, 0.1) is 18.9 Å². The number of aliphatic carboxylic acids is 1. The summed E-state index contributed by atoms with van der Waals surface area (Å²) in [6.07, 6.45) is -5.08. The maximum absolute atomic E-state index is 12.7. The third kappa shape index (κ3) is 6.37. The molecule has 2 fully saturated rings. The fourth-order valence-corrected chi connectivity index (χ4v) is 4.37. The first-order chi connectivity index (χ1) is 17.2. The van der Waals surface area contributed by atoms with Gasteiger partial charge in [0, 0.05) is 26.2 Å². The number of nitrogens with one attached hydrogen (secondary N) is 1. The molecule has 2 saturated heterocycles. The summed E-state index contributed by atoms with van der Waals surface area (Å²) in [7, 11) is 2.65. The molecule has 14 heteroatoms. The van der Waals surface area contributed by atoms with Crippen LogP contribution in [0.4, 0.5) is 13.2 Å². The SMILES string of the molecule is CCN(C[C@H]1N[C@@](C)(C(=O)OC)[C@H]2C(=O)N(C)C(=O)[C@@H]12)C(=O)COc1ccccc1.O=C(O)C(F)(F)F. The molecule has 2 aliphatic heterocycles. The number of rotatable bonds is 7. The molecule has 0 aliphatic carbocycles. The number of carboxylic acid groups (broad SMARTS) is 1. The van der Waals surface area contributed by atoms with E-state index in [9.17, 15) is 32.3 Å². The highest BCUT2D eigenvalue weighted by molar-refractivity contribution is 6.09. The van der Waals surface area contributed by atoms with Crippen LogP contribution in [-0.4, -0.2) is 96.2 Å². The number of hydrogen-bond acceptors (Lipinski definition) is 8. The fraction of sp³-hybridized carbons (Fsp3) is 0.522. The number of imide groups is 1. The Morgan fingerprint density at radius 1 is 1.16 bits per heavy atom. The minimum Gasteiger partial charge on any atom is -0.484 e. The number of esters is 1. The van der Waals surface area contributed by atoms with E-state index in [2.05, 4.69) is 5.32 Å². The molecule has 3 rings (SSSR count). The molecule has 2 heterocycles. The number of fused-ring (bicyclic) bond motifs is 1. The Hall–Kier alpha value is -3.68. The molecule has 11 nitrogen and oxygen atoms in total. The van der Waals surface area contributed by atoms with Crippen molar-refractivity contribution in [1.82, 2.24) is 15.1 Å². The summed E-state index contributed by atoms with van der Waals surface area (Å²) in [6.45, 7) is 3.78. The first-order valence-corrected chi connectivity index (χ1v) is 11.1. The molecule has 0 saturated carbocycles. The quantitative estimate of drug-likeness (QED) is 0.384. The van der Waals surface area contributed by atoms with E-state index >= 15 is 0 Å². The standard InChI is InChI=1S/C21H27N3O6.C2HF3O2/c1-5-24(15(25)12-30-13-9-7-6-8-10-13)11-14-16-17(19(27)23(3)18(16)26)21(2,22-14)20(28)29-4;3-2(4,5)1(6)7/h6-10,14,16-17,22H,5,11-12H2,1-4H3;(H,6,7)/t14-,16+,17-,21-;/m1./s1. The minimum absolute atomic E-state index is 0.153. The van der Waals surface area contributed by atoms with Gasteiger partial charge in [-0.1, -0.05) is 18.2 Å². The number of para-hydroxylation sites is 1. The number of carboxylic acids is 1. The molecular formula is C23H28F3N3O8. The second-order valence-corrected chi connectivity index (χ2v) is 8.52. The molecule has 2 N–H and O–H groups in total. The van der Waals surface area contributed by atoms with E-state index in [0.29, 0.717) is 12.3 Å². The molecule has 37 heavy (non-hydrogen) atoms. The summed E-state index contributed by atoms with van der Waals surface area (Å²) in [5.41, 5.74) is -1.34. The Bertz CT molecular complexity index is 1040. The van der Waals surface area contributed by atoms with Crippen LogP contribution in [0.5, 0.6) is 5.75 Å². The number of ether oxygens (including phenoxy) is 2. The Morgan fingerprint density at radius 3 is 2.22 bits per heavy atom. The largest absolute Gasteiger partial charge is 0.490 e. The molecule has 2 aliphatic rings. The van der Waals surface area contributed by atoms with Crippen molar-refractivity contribution in [2.75, 3.05) is 33.9 Å². The van der Waals surface area contributed by atoms with Gasteiger partial charge >= 0.3 is 18.1 Å². The number of halogens is 3. The highest BCUT2D eigenvalue weighted by Gasteiger charge is 2.66. The number of benzene rings is 1. The summed E-state index contributed by atoms with van der Waals surface area (Å²) < 4.78 is 42.2. The Morgan fingerprint density at radius 2 is 1.73 bits per heavy atom. The molecule has 204 valence electrons. The van der Waals surface area contributed by atoms with E-state index in [1.807, 2.05) is 25.1 Å². The van der Waals surface area contributed by atoms with Crippen LogP contribution in [0.25, 0.3) is 0 Å². The number of carbonyl (C=O) groups is 5. The normalized spacial score (nSPS) is 24.6. The number of hydrogen-bond donors (Lipinski definition) is 2. The molecule has 0 spiro atoms. The smallest absolute Gasteiger partial charge is 0.484 e. The van der Waals surface area contributed by atoms with Gasteiger partial charge < -0.3 is 19.5 Å². The van der Waals surface area contributed by atoms with Crippen LogP contribution in [0, 0.1) is 11.8 Å². The van der Waals surface area contributed by atoms with Gasteiger partial charge in [-0.25, -0.2) is 4.79 Å². The van der Waals surface area contributed by atoms with Crippen molar-refractivity contribution >= 4 is 29.7 Å². The predicted octanol–water partition coefficient (Wildman–Crippen LogP) is 0.682. The number of nitrogens with zero attached hydrogens (tertiary/aromatic N) is 2. The van der Waals surface area contributed by atoms with E-state index in [-0.39, 0.29) is 25.0 Å². The summed E-state index contributed by atoms with van der Waals surface area (Å²) in [5, 5.41) is 10.2. The van der Waals surface area contributed by atoms with Crippen molar-refractivity contribution in [1.29, 1.82) is 0 Å². The van der Waals surface area contributed by atoms with Gasteiger partial charge in [-0.05, 0) is 26.0 Å². The van der Waals surface area contributed by atoms with Crippen LogP contribution in [0.3, 0.4) is 0 Å². The number of methoxy groups -OCH3 is 1. The van der Waals surface area contributed by atoms with Crippen molar-refractivity contribution in [3.8, 4) is 5.75 Å². The average molecular weight is 531 g/mol. The van der Waals surface area contributed by atoms with Crippen molar-refractivity contribution in [3.05, 3.63) is 30.3 Å². The molecule has 1 aromatic carbocycles. The van der Waals surface area contributed by atoms with E-state index in [1.165, 1.54) is 14.2 Å². The van der Waals surface area contributed by atoms with E-state index in [0.717, 1.165) is 4.90 Å². The van der Waals surface area contributed by atoms with Crippen LogP contribution in [-0.2, 0) is 28.7 Å². The molecule has 0 unspecified atom stereocenters. The minimum atomic E-state index is -5.08. The van der Waals surface area contributed by atoms with Gasteiger partial charge in [0.1, 0.15) is 11.3 Å². The van der Waals surface area contributed by atoms with Crippen LogP contribution < -0.4 is 10.1 Å². The summed E-state index contributed by atoms with van der Waals surface area (Å²) >= 11 is 0. The van der Waals surface area contributed by atoms with E-state index in [4.69, 9.17) is 19.4 Å². The first kappa shape index (κ1) is 29.5. The predicted molar refractivity (Wildman–Crippen MR) is 120 cm³/mol. The lowest BCUT2D eigenvalue weighted by molar-refractivity contribution is -0.192. The third-order valence-corrected chi connectivity index (χ3v) is 6.22. The molecule has 3 amide bonds. The van der Waals surface area contributed by atoms with Gasteiger partial charge in [-0.2, -0.15) is 13.2 Å². The lowest BCUT2D eigenvalue weighted by Crippen LogP contribution is -2.56. The van der Waals surface area contributed by atoms with Crippen molar-refractivity contribution in [2.24, 2.45) is 11.8 Å². The lowest BCUT2D eigenvalue weighted by atomic mass is 9.81. The van der Waals surface area contributed by atoms with Crippen LogP contribution in [0.1, 0.15) is 13.8 Å². The maximum Gasteiger partial charge on any atom is 0.490 e. The zero-order chi connectivity index (χ0) is 28.1. The van der Waals surface area contributed by atoms with Gasteiger partial charge in [-0.15, -0.1) is 0 Å². The summed E-state index contributed by atoms with van der Waals surface area (Å²) in [6, 6.07) is 8.42. The number of alkyl halides is 3. The van der Waals surface area contributed by atoms with Gasteiger partial charge in [-0.3, -0.25) is 29.4 Å². The lowest BCUT2D eigenvalue weighted by Gasteiger charge is -2.30. The zero-order valence-electron chi connectivity index (χ0n) is 20.6. The molecule has 4 atom stereocenters. The molecule has 0 aromatic heterocycles. The van der Waals surface area contributed by atoms with Gasteiger partial charge in [0.2, 0.25) is 11.8 Å². The van der Waals surface area contributed by atoms with Crippen LogP contribution in [0.15, 0.2) is 30.3 Å². The van der Waals surface area contributed by atoms with Crippen LogP contribution in [0.2, 0.25) is 0 Å². The Balaban J connectivity index is 0.000000604. The second-order valence-electron chi connectivity index (χ2n) is 8.52. The fourth-order valence-electron chi connectivity index (χ4n) is 4.37. The topological polar surface area (TPSA) is 143 Å². The third-order valence-electron chi connectivity index (χ3n) is 6.22. The highest BCUT2D eigenvalue weighted by atomic mass is 19.4. The molecule has 0 bridgehead atoms. The van der Waals surface area contributed by atoms with Crippen molar-refractivity contribution in [2.45, 2.75) is 31.6 Å². The number of amides is 3. The maximum atomic E-state index is 12.7. The highest BCUT2D eigenvalue weighted by Crippen LogP contribution is 2.43. The number of carbonyl (C=O) groups excluding carboxylic acids is 4. The molecule has 1 aromatic rings. The Labute approximate surface area is 210 Å².